The van der Waals surface area contributed by atoms with Crippen molar-refractivity contribution >= 4 is 23.4 Å². The van der Waals surface area contributed by atoms with Crippen molar-refractivity contribution < 1.29 is 18.0 Å². The van der Waals surface area contributed by atoms with Crippen LogP contribution < -0.4 is 5.32 Å². The molecule has 0 radical (unpaired) electrons. The summed E-state index contributed by atoms with van der Waals surface area (Å²) in [5.74, 6) is -1.26. The summed E-state index contributed by atoms with van der Waals surface area (Å²) >= 11 is 1.11. The Morgan fingerprint density at radius 3 is 2.47 bits per heavy atom. The zero-order valence-electron chi connectivity index (χ0n) is 15.6. The molecule has 0 aliphatic heterocycles. The molecule has 2 aromatic carbocycles. The van der Waals surface area contributed by atoms with Crippen LogP contribution in [0.3, 0.4) is 0 Å². The summed E-state index contributed by atoms with van der Waals surface area (Å²) in [4.78, 5) is 12.3. The predicted octanol–water partition coefficient (Wildman–Crippen LogP) is 4.60. The number of nitrogens with one attached hydrogen (secondary N) is 1. The number of para-hydroxylation sites is 1. The summed E-state index contributed by atoms with van der Waals surface area (Å²) in [5.41, 5.74) is 0.551. The highest BCUT2D eigenvalue weighted by Gasteiger charge is 2.19. The Morgan fingerprint density at radius 2 is 1.77 bits per heavy atom. The number of thioether (sulfide) groups is 1. The lowest BCUT2D eigenvalue weighted by atomic mass is 10.2. The van der Waals surface area contributed by atoms with E-state index in [4.69, 9.17) is 4.42 Å². The molecule has 6 nitrogen and oxygen atoms in total. The molecule has 1 N–H and O–H groups in total. The molecule has 0 spiro atoms. The number of hydrogen-bond acceptors (Lipinski definition) is 5. The van der Waals surface area contributed by atoms with E-state index in [1.165, 1.54) is 6.07 Å². The van der Waals surface area contributed by atoms with Crippen molar-refractivity contribution in [3.05, 3.63) is 84.1 Å². The van der Waals surface area contributed by atoms with Crippen LogP contribution in [0.25, 0.3) is 11.6 Å². The molecule has 30 heavy (non-hydrogen) atoms. The molecule has 0 unspecified atom stereocenters. The molecule has 2 heterocycles. The number of rotatable bonds is 7. The SMILES string of the molecule is O=C(CSc1nnc(-c2ccco2)n1Cc1ccccc1)Nc1c(F)cccc1F. The van der Waals surface area contributed by atoms with Gasteiger partial charge in [0.25, 0.3) is 0 Å². The van der Waals surface area contributed by atoms with Gasteiger partial charge in [-0.1, -0.05) is 48.2 Å². The number of hydrogen-bond donors (Lipinski definition) is 1. The number of nitrogens with zero attached hydrogens (tertiary/aromatic N) is 3. The normalized spacial score (nSPS) is 10.9. The number of carbonyl (C=O) groups is 1. The van der Waals surface area contributed by atoms with Crippen LogP contribution in [0.15, 0.2) is 76.5 Å². The third-order valence-electron chi connectivity index (χ3n) is 4.20. The van der Waals surface area contributed by atoms with Crippen LogP contribution in [0.1, 0.15) is 5.56 Å². The van der Waals surface area contributed by atoms with Gasteiger partial charge in [0.05, 0.1) is 18.6 Å². The maximum absolute atomic E-state index is 13.7. The zero-order chi connectivity index (χ0) is 20.9. The highest BCUT2D eigenvalue weighted by Crippen LogP contribution is 2.26. The van der Waals surface area contributed by atoms with Crippen molar-refractivity contribution in [1.29, 1.82) is 0 Å². The van der Waals surface area contributed by atoms with E-state index in [0.717, 1.165) is 29.5 Å². The molecule has 152 valence electrons. The fraction of sp³-hybridized carbons (Fsp3) is 0.0952. The van der Waals surface area contributed by atoms with Gasteiger partial charge in [0.1, 0.15) is 17.3 Å². The number of furan rings is 1. The average molecular weight is 426 g/mol. The van der Waals surface area contributed by atoms with E-state index in [2.05, 4.69) is 15.5 Å². The van der Waals surface area contributed by atoms with Gasteiger partial charge >= 0.3 is 0 Å². The van der Waals surface area contributed by atoms with Crippen molar-refractivity contribution in [2.75, 3.05) is 11.1 Å². The smallest absolute Gasteiger partial charge is 0.235 e. The number of carbonyl (C=O) groups excluding carboxylic acids is 1. The lowest BCUT2D eigenvalue weighted by molar-refractivity contribution is -0.113. The van der Waals surface area contributed by atoms with Gasteiger partial charge in [0.15, 0.2) is 10.9 Å². The van der Waals surface area contributed by atoms with Crippen molar-refractivity contribution in [2.24, 2.45) is 0 Å². The second-order valence-corrected chi connectivity index (χ2v) is 7.23. The van der Waals surface area contributed by atoms with Gasteiger partial charge in [-0.25, -0.2) is 8.78 Å². The molecule has 4 rings (SSSR count). The quantitative estimate of drug-likeness (QED) is 0.438. The number of halogens is 2. The third kappa shape index (κ3) is 4.41. The van der Waals surface area contributed by atoms with Crippen molar-refractivity contribution in [1.82, 2.24) is 14.8 Å². The van der Waals surface area contributed by atoms with E-state index in [1.54, 1.807) is 18.4 Å². The summed E-state index contributed by atoms with van der Waals surface area (Å²) < 4.78 is 34.8. The summed E-state index contributed by atoms with van der Waals surface area (Å²) in [5, 5.41) is 11.1. The van der Waals surface area contributed by atoms with E-state index in [9.17, 15) is 13.6 Å². The predicted molar refractivity (Wildman–Crippen MR) is 109 cm³/mol. The molecule has 0 saturated heterocycles. The fourth-order valence-electron chi connectivity index (χ4n) is 2.81. The topological polar surface area (TPSA) is 73.0 Å². The summed E-state index contributed by atoms with van der Waals surface area (Å²) in [7, 11) is 0. The minimum atomic E-state index is -0.833. The molecule has 2 aromatic heterocycles. The van der Waals surface area contributed by atoms with Gasteiger partial charge in [-0.2, -0.15) is 0 Å². The number of benzene rings is 2. The van der Waals surface area contributed by atoms with Crippen molar-refractivity contribution in [3.63, 3.8) is 0 Å². The average Bonchev–Trinajstić information content (AvgIpc) is 3.40. The lowest BCUT2D eigenvalue weighted by Crippen LogP contribution is -2.17. The first-order valence-electron chi connectivity index (χ1n) is 8.99. The van der Waals surface area contributed by atoms with Gasteiger partial charge < -0.3 is 9.73 Å². The second-order valence-electron chi connectivity index (χ2n) is 6.29. The molecule has 0 bridgehead atoms. The summed E-state index contributed by atoms with van der Waals surface area (Å²) in [6.07, 6.45) is 1.54. The third-order valence-corrected chi connectivity index (χ3v) is 5.17. The maximum Gasteiger partial charge on any atom is 0.235 e. The van der Waals surface area contributed by atoms with Gasteiger partial charge in [-0.15, -0.1) is 10.2 Å². The molecular weight excluding hydrogens is 410 g/mol. The van der Waals surface area contributed by atoms with Crippen LogP contribution in [0, 0.1) is 11.6 Å². The van der Waals surface area contributed by atoms with Gasteiger partial charge in [0, 0.05) is 0 Å². The minimum absolute atomic E-state index is 0.0984. The van der Waals surface area contributed by atoms with E-state index in [0.29, 0.717) is 23.3 Å². The second kappa shape index (κ2) is 8.91. The molecule has 1 amide bonds. The Labute approximate surface area is 174 Å². The van der Waals surface area contributed by atoms with Crippen LogP contribution in [-0.4, -0.2) is 26.4 Å². The first kappa shape index (κ1) is 19.8. The Kier molecular flexibility index (Phi) is 5.89. The van der Waals surface area contributed by atoms with E-state index < -0.39 is 23.2 Å². The van der Waals surface area contributed by atoms with Crippen LogP contribution in [0.2, 0.25) is 0 Å². The largest absolute Gasteiger partial charge is 0.461 e. The molecule has 9 heteroatoms. The van der Waals surface area contributed by atoms with E-state index in [1.807, 2.05) is 34.9 Å². The van der Waals surface area contributed by atoms with Gasteiger partial charge in [-0.05, 0) is 29.8 Å². The van der Waals surface area contributed by atoms with Crippen molar-refractivity contribution in [3.8, 4) is 11.6 Å². The highest BCUT2D eigenvalue weighted by molar-refractivity contribution is 7.99. The Balaban J connectivity index is 1.53. The Morgan fingerprint density at radius 1 is 1.00 bits per heavy atom. The van der Waals surface area contributed by atoms with Gasteiger partial charge in [-0.3, -0.25) is 9.36 Å². The molecular formula is C21H16F2N4O2S. The zero-order valence-corrected chi connectivity index (χ0v) is 16.4. The van der Waals surface area contributed by atoms with E-state index in [-0.39, 0.29) is 5.75 Å². The molecule has 0 aliphatic rings. The highest BCUT2D eigenvalue weighted by atomic mass is 32.2. The Bertz CT molecular complexity index is 1130. The number of amides is 1. The van der Waals surface area contributed by atoms with Crippen LogP contribution >= 0.6 is 11.8 Å². The first-order valence-corrected chi connectivity index (χ1v) is 9.98. The lowest BCUT2D eigenvalue weighted by Gasteiger charge is -2.10. The molecule has 0 fully saturated rings. The number of aromatic nitrogens is 3. The monoisotopic (exact) mass is 426 g/mol. The van der Waals surface area contributed by atoms with Crippen LogP contribution in [0.4, 0.5) is 14.5 Å². The maximum atomic E-state index is 13.7. The summed E-state index contributed by atoms with van der Waals surface area (Å²) in [6, 6.07) is 16.6. The fourth-order valence-corrected chi connectivity index (χ4v) is 3.55. The van der Waals surface area contributed by atoms with Crippen LogP contribution in [-0.2, 0) is 11.3 Å². The van der Waals surface area contributed by atoms with Crippen LogP contribution in [0.5, 0.6) is 0 Å². The first-order chi connectivity index (χ1) is 14.6. The molecule has 4 aromatic rings. The van der Waals surface area contributed by atoms with Crippen molar-refractivity contribution in [2.45, 2.75) is 11.7 Å². The molecule has 0 atom stereocenters. The minimum Gasteiger partial charge on any atom is -0.461 e. The van der Waals surface area contributed by atoms with Gasteiger partial charge in [0.2, 0.25) is 11.7 Å². The molecule has 0 aliphatic carbocycles. The Hall–Kier alpha value is -3.46. The number of anilines is 1. The summed E-state index contributed by atoms with van der Waals surface area (Å²) in [6.45, 7) is 0.468. The van der Waals surface area contributed by atoms with E-state index >= 15 is 0 Å². The molecule has 0 saturated carbocycles. The standard InChI is InChI=1S/C21H16F2N4O2S/c22-15-8-4-9-16(23)19(15)24-18(28)13-30-21-26-25-20(17-10-5-11-29-17)27(21)12-14-6-2-1-3-7-14/h1-11H,12-13H2,(H,24,28).